The minimum absolute atomic E-state index is 0.318. The number of nitrogens with zero attached hydrogens (tertiary/aromatic N) is 1. The maximum atomic E-state index is 7.29. The fraction of sp³-hybridized carbons (Fsp3) is 0.900. The second-order valence-electron chi connectivity index (χ2n) is 4.04. The van der Waals surface area contributed by atoms with Gasteiger partial charge in [0.1, 0.15) is 0 Å². The SMILES string of the molecule is CCC(CC(=N)N)N(C)C1CCC1. The van der Waals surface area contributed by atoms with Gasteiger partial charge in [0.25, 0.3) is 0 Å². The van der Waals surface area contributed by atoms with Crippen LogP contribution in [0.1, 0.15) is 39.0 Å². The van der Waals surface area contributed by atoms with E-state index in [-0.39, 0.29) is 0 Å². The van der Waals surface area contributed by atoms with E-state index in [1.165, 1.54) is 19.3 Å². The summed E-state index contributed by atoms with van der Waals surface area (Å²) in [5, 5.41) is 7.29. The van der Waals surface area contributed by atoms with Gasteiger partial charge in [0, 0.05) is 18.5 Å². The van der Waals surface area contributed by atoms with Crippen molar-refractivity contribution in [1.29, 1.82) is 5.41 Å². The molecule has 1 saturated carbocycles. The summed E-state index contributed by atoms with van der Waals surface area (Å²) in [6, 6.07) is 1.23. The van der Waals surface area contributed by atoms with Crippen LogP contribution in [0, 0.1) is 5.41 Å². The molecule has 3 nitrogen and oxygen atoms in total. The lowest BCUT2D eigenvalue weighted by molar-refractivity contribution is 0.110. The first-order chi connectivity index (χ1) is 6.15. The van der Waals surface area contributed by atoms with Gasteiger partial charge in [-0.3, -0.25) is 5.41 Å². The highest BCUT2D eigenvalue weighted by Gasteiger charge is 2.26. The lowest BCUT2D eigenvalue weighted by Gasteiger charge is -2.39. The van der Waals surface area contributed by atoms with Gasteiger partial charge in [-0.1, -0.05) is 13.3 Å². The minimum atomic E-state index is 0.318. The van der Waals surface area contributed by atoms with Crippen molar-refractivity contribution < 1.29 is 0 Å². The summed E-state index contributed by atoms with van der Waals surface area (Å²) in [6.45, 7) is 2.17. The first-order valence-electron chi connectivity index (χ1n) is 5.20. The Labute approximate surface area is 80.8 Å². The van der Waals surface area contributed by atoms with Gasteiger partial charge in [-0.25, -0.2) is 0 Å². The molecule has 0 aromatic carbocycles. The zero-order chi connectivity index (χ0) is 9.84. The van der Waals surface area contributed by atoms with Gasteiger partial charge in [-0.05, 0) is 26.3 Å². The number of rotatable bonds is 5. The molecule has 3 heteroatoms. The highest BCUT2D eigenvalue weighted by Crippen LogP contribution is 2.26. The predicted octanol–water partition coefficient (Wildman–Crippen LogP) is 1.58. The van der Waals surface area contributed by atoms with Crippen LogP contribution in [0.3, 0.4) is 0 Å². The van der Waals surface area contributed by atoms with E-state index >= 15 is 0 Å². The van der Waals surface area contributed by atoms with Crippen molar-refractivity contribution in [3.63, 3.8) is 0 Å². The molecule has 1 aliphatic carbocycles. The van der Waals surface area contributed by atoms with Crippen LogP contribution in [0.5, 0.6) is 0 Å². The maximum absolute atomic E-state index is 7.29. The van der Waals surface area contributed by atoms with Gasteiger partial charge in [-0.2, -0.15) is 0 Å². The molecule has 1 aliphatic rings. The van der Waals surface area contributed by atoms with E-state index in [4.69, 9.17) is 11.1 Å². The maximum Gasteiger partial charge on any atom is 0.0921 e. The van der Waals surface area contributed by atoms with Crippen LogP contribution >= 0.6 is 0 Å². The number of hydrogen-bond acceptors (Lipinski definition) is 2. The van der Waals surface area contributed by atoms with Crippen molar-refractivity contribution in [3.05, 3.63) is 0 Å². The minimum Gasteiger partial charge on any atom is -0.388 e. The lowest BCUT2D eigenvalue weighted by atomic mass is 9.90. The van der Waals surface area contributed by atoms with Gasteiger partial charge >= 0.3 is 0 Å². The molecule has 0 saturated heterocycles. The van der Waals surface area contributed by atoms with Crippen LogP contribution in [-0.4, -0.2) is 29.9 Å². The zero-order valence-electron chi connectivity index (χ0n) is 8.71. The third kappa shape index (κ3) is 2.69. The topological polar surface area (TPSA) is 53.1 Å². The van der Waals surface area contributed by atoms with Crippen LogP contribution < -0.4 is 5.73 Å². The van der Waals surface area contributed by atoms with Crippen molar-refractivity contribution in [2.24, 2.45) is 5.73 Å². The van der Waals surface area contributed by atoms with E-state index in [1.54, 1.807) is 0 Å². The Morgan fingerprint density at radius 1 is 1.62 bits per heavy atom. The summed E-state index contributed by atoms with van der Waals surface area (Å²) in [5.41, 5.74) is 5.42. The first kappa shape index (κ1) is 10.5. The fourth-order valence-electron chi connectivity index (χ4n) is 1.92. The summed E-state index contributed by atoms with van der Waals surface area (Å²) >= 11 is 0. The fourth-order valence-corrected chi connectivity index (χ4v) is 1.92. The van der Waals surface area contributed by atoms with Gasteiger partial charge in [-0.15, -0.1) is 0 Å². The van der Waals surface area contributed by atoms with E-state index < -0.39 is 0 Å². The summed E-state index contributed by atoms with van der Waals surface area (Å²) in [6.07, 6.45) is 5.83. The molecule has 1 rings (SSSR count). The van der Waals surface area contributed by atoms with Crippen LogP contribution in [-0.2, 0) is 0 Å². The second kappa shape index (κ2) is 4.61. The van der Waals surface area contributed by atoms with Crippen LogP contribution in [0.2, 0.25) is 0 Å². The normalized spacial score (nSPS) is 19.9. The summed E-state index contributed by atoms with van der Waals surface area (Å²) in [5.74, 6) is 0.318. The molecule has 1 atom stereocenters. The molecule has 0 amide bonds. The van der Waals surface area contributed by atoms with Crippen LogP contribution in [0.4, 0.5) is 0 Å². The number of nitrogens with two attached hydrogens (primary N) is 1. The van der Waals surface area contributed by atoms with Crippen molar-refractivity contribution >= 4 is 5.84 Å². The zero-order valence-corrected chi connectivity index (χ0v) is 8.71. The van der Waals surface area contributed by atoms with E-state index in [9.17, 15) is 0 Å². The van der Waals surface area contributed by atoms with E-state index in [1.807, 2.05) is 0 Å². The smallest absolute Gasteiger partial charge is 0.0921 e. The molecule has 0 aromatic rings. The second-order valence-corrected chi connectivity index (χ2v) is 4.04. The van der Waals surface area contributed by atoms with E-state index in [2.05, 4.69) is 18.9 Å². The molecule has 0 bridgehead atoms. The molecule has 0 radical (unpaired) electrons. The summed E-state index contributed by atoms with van der Waals surface area (Å²) in [4.78, 5) is 2.41. The molecule has 0 aromatic heterocycles. The monoisotopic (exact) mass is 183 g/mol. The lowest BCUT2D eigenvalue weighted by Crippen LogP contribution is -2.45. The van der Waals surface area contributed by atoms with Gasteiger partial charge in [0.2, 0.25) is 0 Å². The van der Waals surface area contributed by atoms with Crippen LogP contribution in [0.25, 0.3) is 0 Å². The molecule has 1 fully saturated rings. The van der Waals surface area contributed by atoms with Gasteiger partial charge in [0.15, 0.2) is 0 Å². The highest BCUT2D eigenvalue weighted by molar-refractivity contribution is 5.77. The van der Waals surface area contributed by atoms with Crippen molar-refractivity contribution in [2.45, 2.75) is 51.1 Å². The van der Waals surface area contributed by atoms with Gasteiger partial charge in [0.05, 0.1) is 5.84 Å². The Bertz CT molecular complexity index is 175. The Morgan fingerprint density at radius 2 is 2.23 bits per heavy atom. The Hall–Kier alpha value is -0.570. The molecule has 76 valence electrons. The van der Waals surface area contributed by atoms with Crippen molar-refractivity contribution in [2.75, 3.05) is 7.05 Å². The van der Waals surface area contributed by atoms with Crippen LogP contribution in [0.15, 0.2) is 0 Å². The Kier molecular flexibility index (Phi) is 3.72. The molecule has 13 heavy (non-hydrogen) atoms. The molecular formula is C10H21N3. The predicted molar refractivity (Wildman–Crippen MR) is 56.0 cm³/mol. The quantitative estimate of drug-likeness (QED) is 0.502. The summed E-state index contributed by atoms with van der Waals surface area (Å²) < 4.78 is 0. The van der Waals surface area contributed by atoms with Crippen molar-refractivity contribution in [1.82, 2.24) is 4.90 Å². The van der Waals surface area contributed by atoms with Gasteiger partial charge < -0.3 is 10.6 Å². The largest absolute Gasteiger partial charge is 0.388 e. The Morgan fingerprint density at radius 3 is 2.54 bits per heavy atom. The molecule has 0 aliphatic heterocycles. The molecule has 0 heterocycles. The Balaban J connectivity index is 2.39. The first-order valence-corrected chi connectivity index (χ1v) is 5.20. The number of hydrogen-bond donors (Lipinski definition) is 2. The molecular weight excluding hydrogens is 162 g/mol. The molecule has 1 unspecified atom stereocenters. The third-order valence-electron chi connectivity index (χ3n) is 3.15. The van der Waals surface area contributed by atoms with E-state index in [0.717, 1.165) is 18.9 Å². The highest BCUT2D eigenvalue weighted by atomic mass is 15.2. The van der Waals surface area contributed by atoms with E-state index in [0.29, 0.717) is 11.9 Å². The van der Waals surface area contributed by atoms with Crippen molar-refractivity contribution in [3.8, 4) is 0 Å². The molecule has 0 spiro atoms. The average Bonchev–Trinajstić information content (AvgIpc) is 1.96. The standard InChI is InChI=1S/C10H21N3/c1-3-8(7-10(11)12)13(2)9-5-4-6-9/h8-9H,3-7H2,1-2H3,(H3,11,12). The number of nitrogens with one attached hydrogen (secondary N) is 1. The molecule has 3 N–H and O–H groups in total. The number of amidine groups is 1. The average molecular weight is 183 g/mol. The summed E-state index contributed by atoms with van der Waals surface area (Å²) in [7, 11) is 2.17. The third-order valence-corrected chi connectivity index (χ3v) is 3.15.